The molecule has 1 spiro atoms. The van der Waals surface area contributed by atoms with Gasteiger partial charge in [-0.05, 0) is 43.5 Å². The van der Waals surface area contributed by atoms with Crippen LogP contribution in [0.4, 0.5) is 5.69 Å². The van der Waals surface area contributed by atoms with E-state index in [1.165, 1.54) is 10.4 Å². The maximum atomic E-state index is 13.3. The summed E-state index contributed by atoms with van der Waals surface area (Å²) in [5.74, 6) is 1.10. The van der Waals surface area contributed by atoms with E-state index in [4.69, 9.17) is 9.47 Å². The molecule has 1 saturated heterocycles. The highest BCUT2D eigenvalue weighted by molar-refractivity contribution is 7.89. The average Bonchev–Trinajstić information content (AvgIpc) is 3.01. The van der Waals surface area contributed by atoms with Crippen LogP contribution in [-0.2, 0) is 20.2 Å². The first-order valence-corrected chi connectivity index (χ1v) is 11.7. The number of piperidine rings is 1. The third kappa shape index (κ3) is 2.74. The van der Waals surface area contributed by atoms with Crippen LogP contribution in [0.25, 0.3) is 0 Å². The number of amides is 1. The van der Waals surface area contributed by atoms with Gasteiger partial charge in [-0.2, -0.15) is 4.31 Å². The number of likely N-dealkylation sites (N-methyl/N-ethyl adjacent to an activating group) is 1. The number of hydrogen-bond donors (Lipinski definition) is 0. The Hall–Kier alpha value is -2.58. The van der Waals surface area contributed by atoms with Crippen molar-refractivity contribution in [1.29, 1.82) is 0 Å². The number of carbonyl (C=O) groups excluding carboxylic acids is 1. The molecular weight excluding hydrogens is 404 g/mol. The first kappa shape index (κ1) is 19.4. The van der Waals surface area contributed by atoms with Crippen molar-refractivity contribution in [2.45, 2.75) is 30.1 Å². The van der Waals surface area contributed by atoms with Crippen LogP contribution in [0.5, 0.6) is 11.5 Å². The van der Waals surface area contributed by atoms with Gasteiger partial charge in [-0.1, -0.05) is 18.2 Å². The van der Waals surface area contributed by atoms with Crippen LogP contribution in [0, 0.1) is 0 Å². The number of para-hydroxylation sites is 1. The normalized spacial score (nSPS) is 20.4. The molecule has 0 unspecified atom stereocenters. The Balaban J connectivity index is 1.42. The van der Waals surface area contributed by atoms with Crippen LogP contribution in [0.3, 0.4) is 0 Å². The van der Waals surface area contributed by atoms with E-state index in [1.807, 2.05) is 36.1 Å². The molecule has 3 heterocycles. The molecule has 0 aliphatic carbocycles. The summed E-state index contributed by atoms with van der Waals surface area (Å²) in [6, 6.07) is 12.6. The molecule has 0 bridgehead atoms. The number of carbonyl (C=O) groups is 1. The first-order chi connectivity index (χ1) is 14.5. The number of hydrogen-bond acceptors (Lipinski definition) is 5. The molecule has 2 aromatic carbocycles. The second kappa shape index (κ2) is 6.99. The maximum absolute atomic E-state index is 13.3. The van der Waals surface area contributed by atoms with E-state index in [2.05, 4.69) is 0 Å². The highest BCUT2D eigenvalue weighted by atomic mass is 32.2. The number of sulfonamides is 1. The van der Waals surface area contributed by atoms with Crippen molar-refractivity contribution >= 4 is 21.6 Å². The maximum Gasteiger partial charge on any atom is 0.243 e. The van der Waals surface area contributed by atoms with Crippen molar-refractivity contribution in [3.8, 4) is 11.5 Å². The Morgan fingerprint density at radius 2 is 1.70 bits per heavy atom. The minimum absolute atomic E-state index is 0.0857. The lowest BCUT2D eigenvalue weighted by molar-refractivity contribution is -0.124. The van der Waals surface area contributed by atoms with Gasteiger partial charge in [0, 0.05) is 31.4 Å². The molecule has 0 radical (unpaired) electrons. The molecule has 0 aromatic heterocycles. The average molecular weight is 429 g/mol. The van der Waals surface area contributed by atoms with Gasteiger partial charge in [0.15, 0.2) is 11.5 Å². The van der Waals surface area contributed by atoms with Crippen LogP contribution in [0.1, 0.15) is 25.3 Å². The fourth-order valence-corrected chi connectivity index (χ4v) is 6.29. The van der Waals surface area contributed by atoms with E-state index < -0.39 is 15.4 Å². The van der Waals surface area contributed by atoms with E-state index >= 15 is 0 Å². The summed E-state index contributed by atoms with van der Waals surface area (Å²) >= 11 is 0. The summed E-state index contributed by atoms with van der Waals surface area (Å²) < 4.78 is 39.0. The molecule has 7 nitrogen and oxygen atoms in total. The number of ether oxygens (including phenoxy) is 2. The molecule has 3 aliphatic heterocycles. The van der Waals surface area contributed by atoms with E-state index in [-0.39, 0.29) is 10.8 Å². The molecule has 8 heteroatoms. The van der Waals surface area contributed by atoms with Crippen molar-refractivity contribution in [2.75, 3.05) is 37.7 Å². The number of benzene rings is 2. The lowest BCUT2D eigenvalue weighted by Gasteiger charge is -2.37. The predicted octanol–water partition coefficient (Wildman–Crippen LogP) is 2.55. The van der Waals surface area contributed by atoms with Crippen molar-refractivity contribution in [3.05, 3.63) is 48.0 Å². The monoisotopic (exact) mass is 428 g/mol. The summed E-state index contributed by atoms with van der Waals surface area (Å²) in [6.07, 6.45) is 0.951. The first-order valence-electron chi connectivity index (χ1n) is 10.3. The van der Waals surface area contributed by atoms with Gasteiger partial charge < -0.3 is 14.4 Å². The fourth-order valence-electron chi connectivity index (χ4n) is 4.84. The summed E-state index contributed by atoms with van der Waals surface area (Å²) in [7, 11) is -3.68. The third-order valence-corrected chi connectivity index (χ3v) is 8.30. The second-order valence-corrected chi connectivity index (χ2v) is 9.80. The minimum Gasteiger partial charge on any atom is -0.486 e. The smallest absolute Gasteiger partial charge is 0.243 e. The van der Waals surface area contributed by atoms with Gasteiger partial charge in [0.05, 0.1) is 10.3 Å². The van der Waals surface area contributed by atoms with Crippen LogP contribution >= 0.6 is 0 Å². The molecule has 1 amide bonds. The molecule has 30 heavy (non-hydrogen) atoms. The lowest BCUT2D eigenvalue weighted by atomic mass is 9.74. The summed E-state index contributed by atoms with van der Waals surface area (Å²) in [4.78, 5) is 15.3. The topological polar surface area (TPSA) is 76.2 Å². The van der Waals surface area contributed by atoms with Gasteiger partial charge in [0.2, 0.25) is 15.9 Å². The molecule has 1 fully saturated rings. The van der Waals surface area contributed by atoms with Crippen molar-refractivity contribution < 1.29 is 22.7 Å². The molecular formula is C22H24N2O5S. The highest BCUT2D eigenvalue weighted by Gasteiger charge is 2.52. The number of anilines is 1. The quantitative estimate of drug-likeness (QED) is 0.751. The standard InChI is InChI=1S/C22H24N2O5S/c1-2-24-18-6-4-3-5-17(18)22(21(24)25)9-11-23(12-10-22)30(26,27)16-7-8-19-20(15-16)29-14-13-28-19/h3-8,15H,2,9-14H2,1H3. The zero-order chi connectivity index (χ0) is 20.9. The van der Waals surface area contributed by atoms with Crippen LogP contribution in [0.15, 0.2) is 47.4 Å². The van der Waals surface area contributed by atoms with E-state index in [9.17, 15) is 13.2 Å². The minimum atomic E-state index is -3.68. The summed E-state index contributed by atoms with van der Waals surface area (Å²) in [5.41, 5.74) is 1.34. The number of nitrogens with zero attached hydrogens (tertiary/aromatic N) is 2. The molecule has 5 rings (SSSR count). The number of fused-ring (bicyclic) bond motifs is 3. The molecule has 0 atom stereocenters. The van der Waals surface area contributed by atoms with E-state index in [1.54, 1.807) is 12.1 Å². The van der Waals surface area contributed by atoms with Gasteiger partial charge in [-0.25, -0.2) is 8.42 Å². The lowest BCUT2D eigenvalue weighted by Crippen LogP contribution is -2.50. The predicted molar refractivity (Wildman–Crippen MR) is 112 cm³/mol. The van der Waals surface area contributed by atoms with Crippen LogP contribution in [0.2, 0.25) is 0 Å². The van der Waals surface area contributed by atoms with Crippen LogP contribution < -0.4 is 14.4 Å². The Morgan fingerprint density at radius 3 is 2.43 bits per heavy atom. The SMILES string of the molecule is CCN1C(=O)C2(CCN(S(=O)(=O)c3ccc4c(c3)OCCO4)CC2)c2ccccc21. The van der Waals surface area contributed by atoms with E-state index in [0.29, 0.717) is 57.2 Å². The number of rotatable bonds is 3. The molecule has 3 aliphatic rings. The van der Waals surface area contributed by atoms with Crippen molar-refractivity contribution in [1.82, 2.24) is 4.31 Å². The van der Waals surface area contributed by atoms with E-state index in [0.717, 1.165) is 11.3 Å². The van der Waals surface area contributed by atoms with Gasteiger partial charge >= 0.3 is 0 Å². The highest BCUT2D eigenvalue weighted by Crippen LogP contribution is 2.48. The van der Waals surface area contributed by atoms with Gasteiger partial charge in [-0.15, -0.1) is 0 Å². The Bertz CT molecular complexity index is 1110. The Kier molecular flexibility index (Phi) is 4.52. The van der Waals surface area contributed by atoms with Gasteiger partial charge in [0.1, 0.15) is 13.2 Å². The zero-order valence-corrected chi connectivity index (χ0v) is 17.7. The Labute approximate surface area is 176 Å². The second-order valence-electron chi connectivity index (χ2n) is 7.86. The molecule has 0 N–H and O–H groups in total. The van der Waals surface area contributed by atoms with Crippen LogP contribution in [-0.4, -0.2) is 51.5 Å². The largest absolute Gasteiger partial charge is 0.486 e. The Morgan fingerprint density at radius 1 is 1.00 bits per heavy atom. The van der Waals surface area contributed by atoms with Gasteiger partial charge in [-0.3, -0.25) is 4.79 Å². The van der Waals surface area contributed by atoms with Crippen molar-refractivity contribution in [3.63, 3.8) is 0 Å². The third-order valence-electron chi connectivity index (χ3n) is 6.41. The summed E-state index contributed by atoms with van der Waals surface area (Å²) in [5, 5.41) is 0. The summed E-state index contributed by atoms with van der Waals surface area (Å²) in [6.45, 7) is 4.03. The molecule has 2 aromatic rings. The zero-order valence-electron chi connectivity index (χ0n) is 16.8. The van der Waals surface area contributed by atoms with Crippen molar-refractivity contribution in [2.24, 2.45) is 0 Å². The fraction of sp³-hybridized carbons (Fsp3) is 0.409. The molecule has 158 valence electrons. The molecule has 0 saturated carbocycles. The van der Waals surface area contributed by atoms with Gasteiger partial charge in [0.25, 0.3) is 0 Å².